The van der Waals surface area contributed by atoms with E-state index in [1.807, 2.05) is 0 Å². The van der Waals surface area contributed by atoms with E-state index in [0.717, 1.165) is 37.8 Å². The van der Waals surface area contributed by atoms with E-state index in [4.69, 9.17) is 5.21 Å². The minimum absolute atomic E-state index is 0.187. The molecule has 0 aromatic carbocycles. The number of nitrogens with zero attached hydrogens (tertiary/aromatic N) is 1. The molecule has 14 heavy (non-hydrogen) atoms. The fourth-order valence-corrected chi connectivity index (χ4v) is 1.90. The van der Waals surface area contributed by atoms with E-state index in [-0.39, 0.29) is 11.9 Å². The van der Waals surface area contributed by atoms with Gasteiger partial charge in [0.05, 0.1) is 12.8 Å². The van der Waals surface area contributed by atoms with Crippen LogP contribution in [0.2, 0.25) is 0 Å². The number of hydrogen-bond acceptors (Lipinski definition) is 4. The molecule has 1 atom stereocenters. The average Bonchev–Trinajstić information content (AvgIpc) is 2.26. The summed E-state index contributed by atoms with van der Waals surface area (Å²) < 4.78 is 4.57. The Morgan fingerprint density at radius 2 is 2.43 bits per heavy atom. The summed E-state index contributed by atoms with van der Waals surface area (Å²) in [4.78, 5) is 10.9. The molecule has 4 nitrogen and oxygen atoms in total. The minimum atomic E-state index is -0.187. The zero-order valence-electron chi connectivity index (χ0n) is 8.53. The molecule has 80 valence electrons. The predicted octanol–water partition coefficient (Wildman–Crippen LogP) is 1.96. The summed E-state index contributed by atoms with van der Waals surface area (Å²) in [5.41, 5.74) is 0.847. The Morgan fingerprint density at radius 1 is 1.64 bits per heavy atom. The molecule has 0 saturated heterocycles. The maximum Gasteiger partial charge on any atom is 0.305 e. The van der Waals surface area contributed by atoms with Gasteiger partial charge in [0.1, 0.15) is 0 Å². The lowest BCUT2D eigenvalue weighted by Crippen LogP contribution is -2.20. The lowest BCUT2D eigenvalue weighted by molar-refractivity contribution is -0.140. The molecule has 1 unspecified atom stereocenters. The number of methoxy groups -OCH3 is 1. The Hall–Kier alpha value is -1.06. The van der Waals surface area contributed by atoms with Gasteiger partial charge >= 0.3 is 5.97 Å². The van der Waals surface area contributed by atoms with Gasteiger partial charge in [-0.25, -0.2) is 0 Å². The number of oxime groups is 1. The number of esters is 1. The van der Waals surface area contributed by atoms with Crippen molar-refractivity contribution < 1.29 is 14.7 Å². The standard InChI is InChI=1S/C10H17NO3/c1-14-10(12)7-6-8-4-2-3-5-9(8)11-13/h8,13H,2-7H2,1H3/b11-9-. The zero-order chi connectivity index (χ0) is 10.4. The van der Waals surface area contributed by atoms with E-state index in [1.54, 1.807) is 0 Å². The first-order chi connectivity index (χ1) is 6.77. The third-order valence-corrected chi connectivity index (χ3v) is 2.76. The molecular formula is C10H17NO3. The second kappa shape index (κ2) is 5.62. The molecule has 0 heterocycles. The molecule has 1 fully saturated rings. The molecule has 0 aliphatic heterocycles. The van der Waals surface area contributed by atoms with Gasteiger partial charge in [-0.3, -0.25) is 4.79 Å². The molecule has 0 spiro atoms. The summed E-state index contributed by atoms with van der Waals surface area (Å²) in [6.45, 7) is 0. The molecule has 1 N–H and O–H groups in total. The van der Waals surface area contributed by atoms with Crippen molar-refractivity contribution >= 4 is 11.7 Å². The average molecular weight is 199 g/mol. The zero-order valence-corrected chi connectivity index (χ0v) is 8.53. The fraction of sp³-hybridized carbons (Fsp3) is 0.800. The first-order valence-corrected chi connectivity index (χ1v) is 5.05. The first-order valence-electron chi connectivity index (χ1n) is 5.05. The van der Waals surface area contributed by atoms with Crippen LogP contribution in [0.25, 0.3) is 0 Å². The second-order valence-electron chi connectivity index (χ2n) is 3.65. The van der Waals surface area contributed by atoms with E-state index in [2.05, 4.69) is 9.89 Å². The van der Waals surface area contributed by atoms with Crippen molar-refractivity contribution in [3.63, 3.8) is 0 Å². The first kappa shape index (κ1) is 11.0. The number of carbonyl (C=O) groups is 1. The van der Waals surface area contributed by atoms with Gasteiger partial charge in [-0.05, 0) is 25.7 Å². The van der Waals surface area contributed by atoms with Gasteiger partial charge in [0.15, 0.2) is 0 Å². The van der Waals surface area contributed by atoms with Crippen LogP contribution in [0.1, 0.15) is 38.5 Å². The highest BCUT2D eigenvalue weighted by Gasteiger charge is 2.21. The van der Waals surface area contributed by atoms with Gasteiger partial charge in [0.25, 0.3) is 0 Å². The Morgan fingerprint density at radius 3 is 3.07 bits per heavy atom. The highest BCUT2D eigenvalue weighted by molar-refractivity contribution is 5.87. The lowest BCUT2D eigenvalue weighted by atomic mass is 9.84. The second-order valence-corrected chi connectivity index (χ2v) is 3.65. The Kier molecular flexibility index (Phi) is 4.43. The van der Waals surface area contributed by atoms with Crippen LogP contribution in [0.4, 0.5) is 0 Å². The van der Waals surface area contributed by atoms with Gasteiger partial charge in [-0.15, -0.1) is 0 Å². The molecular weight excluding hydrogens is 182 g/mol. The van der Waals surface area contributed by atoms with E-state index in [9.17, 15) is 4.79 Å². The molecule has 0 amide bonds. The van der Waals surface area contributed by atoms with Crippen molar-refractivity contribution in [1.82, 2.24) is 0 Å². The van der Waals surface area contributed by atoms with E-state index in [1.165, 1.54) is 7.11 Å². The van der Waals surface area contributed by atoms with Crippen molar-refractivity contribution in [2.45, 2.75) is 38.5 Å². The molecule has 1 saturated carbocycles. The summed E-state index contributed by atoms with van der Waals surface area (Å²) in [7, 11) is 1.39. The van der Waals surface area contributed by atoms with Crippen LogP contribution in [0, 0.1) is 5.92 Å². The fourth-order valence-electron chi connectivity index (χ4n) is 1.90. The van der Waals surface area contributed by atoms with Crippen LogP contribution < -0.4 is 0 Å². The highest BCUT2D eigenvalue weighted by Crippen LogP contribution is 2.25. The summed E-state index contributed by atoms with van der Waals surface area (Å²) >= 11 is 0. The summed E-state index contributed by atoms with van der Waals surface area (Å²) in [5, 5.41) is 12.1. The minimum Gasteiger partial charge on any atom is -0.469 e. The summed E-state index contributed by atoms with van der Waals surface area (Å²) in [6.07, 6.45) is 5.30. The Bertz CT molecular complexity index is 225. The van der Waals surface area contributed by atoms with E-state index in [0.29, 0.717) is 6.42 Å². The monoisotopic (exact) mass is 199 g/mol. The van der Waals surface area contributed by atoms with E-state index >= 15 is 0 Å². The summed E-state index contributed by atoms with van der Waals surface area (Å²) in [6, 6.07) is 0. The molecule has 0 aromatic rings. The third-order valence-electron chi connectivity index (χ3n) is 2.76. The number of ether oxygens (including phenoxy) is 1. The van der Waals surface area contributed by atoms with Crippen molar-refractivity contribution in [1.29, 1.82) is 0 Å². The van der Waals surface area contributed by atoms with Crippen LogP contribution in [-0.4, -0.2) is 24.0 Å². The van der Waals surface area contributed by atoms with Crippen molar-refractivity contribution in [3.05, 3.63) is 0 Å². The number of carbonyl (C=O) groups excluding carboxylic acids is 1. The van der Waals surface area contributed by atoms with Crippen LogP contribution >= 0.6 is 0 Å². The number of hydrogen-bond donors (Lipinski definition) is 1. The normalized spacial score (nSPS) is 24.9. The van der Waals surface area contributed by atoms with Crippen LogP contribution in [0.15, 0.2) is 5.16 Å². The van der Waals surface area contributed by atoms with E-state index < -0.39 is 0 Å². The highest BCUT2D eigenvalue weighted by atomic mass is 16.5. The third kappa shape index (κ3) is 3.01. The molecule has 0 radical (unpaired) electrons. The van der Waals surface area contributed by atoms with Gasteiger partial charge < -0.3 is 9.94 Å². The molecule has 4 heteroatoms. The maximum atomic E-state index is 10.9. The molecule has 1 aliphatic carbocycles. The van der Waals surface area contributed by atoms with Crippen LogP contribution in [0.3, 0.4) is 0 Å². The Labute approximate surface area is 83.9 Å². The van der Waals surface area contributed by atoms with Crippen molar-refractivity contribution in [2.24, 2.45) is 11.1 Å². The largest absolute Gasteiger partial charge is 0.469 e. The quantitative estimate of drug-likeness (QED) is 0.429. The molecule has 1 aliphatic rings. The SMILES string of the molecule is COC(=O)CCC1CCCC/C1=N/O. The molecule has 1 rings (SSSR count). The maximum absolute atomic E-state index is 10.9. The Balaban J connectivity index is 2.37. The lowest BCUT2D eigenvalue weighted by Gasteiger charge is -2.22. The predicted molar refractivity (Wildman–Crippen MR) is 52.4 cm³/mol. The topological polar surface area (TPSA) is 58.9 Å². The van der Waals surface area contributed by atoms with Gasteiger partial charge in [0.2, 0.25) is 0 Å². The van der Waals surface area contributed by atoms with Gasteiger partial charge in [-0.1, -0.05) is 11.6 Å². The number of rotatable bonds is 3. The van der Waals surface area contributed by atoms with Crippen molar-refractivity contribution in [2.75, 3.05) is 7.11 Å². The van der Waals surface area contributed by atoms with Crippen LogP contribution in [-0.2, 0) is 9.53 Å². The smallest absolute Gasteiger partial charge is 0.305 e. The van der Waals surface area contributed by atoms with Gasteiger partial charge in [-0.2, -0.15) is 0 Å². The van der Waals surface area contributed by atoms with Gasteiger partial charge in [0, 0.05) is 12.3 Å². The van der Waals surface area contributed by atoms with Crippen LogP contribution in [0.5, 0.6) is 0 Å². The molecule has 0 bridgehead atoms. The summed E-state index contributed by atoms with van der Waals surface area (Å²) in [5.74, 6) is 0.0840. The van der Waals surface area contributed by atoms with Crippen molar-refractivity contribution in [3.8, 4) is 0 Å². The molecule has 0 aromatic heterocycles.